The first kappa shape index (κ1) is 31.5. The molecule has 0 bridgehead atoms. The third-order valence-corrected chi connectivity index (χ3v) is 10.3. The van der Waals surface area contributed by atoms with Gasteiger partial charge in [0.15, 0.2) is 17.5 Å². The van der Waals surface area contributed by atoms with Gasteiger partial charge in [-0.1, -0.05) is 176 Å². The van der Waals surface area contributed by atoms with Crippen molar-refractivity contribution in [2.24, 2.45) is 0 Å². The first-order chi connectivity index (χ1) is 26.8. The fraction of sp³-hybridized carbons (Fsp3) is 0. The van der Waals surface area contributed by atoms with Crippen molar-refractivity contribution >= 4 is 32.3 Å². The summed E-state index contributed by atoms with van der Waals surface area (Å²) in [5.41, 5.74) is 9.51. The van der Waals surface area contributed by atoms with Gasteiger partial charge in [-0.3, -0.25) is 0 Å². The van der Waals surface area contributed by atoms with E-state index in [0.717, 1.165) is 66.2 Å². The van der Waals surface area contributed by atoms with Crippen molar-refractivity contribution in [3.63, 3.8) is 0 Å². The third kappa shape index (κ3) is 5.69. The van der Waals surface area contributed by atoms with Crippen LogP contribution in [0.5, 0.6) is 0 Å². The zero-order valence-corrected chi connectivity index (χ0v) is 29.4. The van der Waals surface area contributed by atoms with Crippen LogP contribution in [0.3, 0.4) is 0 Å². The highest BCUT2D eigenvalue weighted by atomic mass is 15.0. The monoisotopic (exact) mass is 687 g/mol. The predicted molar refractivity (Wildman–Crippen MR) is 225 cm³/mol. The zero-order valence-electron chi connectivity index (χ0n) is 29.4. The lowest BCUT2D eigenvalue weighted by Gasteiger charge is -2.16. The molecule has 10 aromatic rings. The highest BCUT2D eigenvalue weighted by molar-refractivity contribution is 6.19. The lowest BCUT2D eigenvalue weighted by molar-refractivity contribution is 1.08. The Bertz CT molecular complexity index is 2920. The largest absolute Gasteiger partial charge is 0.208 e. The van der Waals surface area contributed by atoms with Gasteiger partial charge in [-0.15, -0.1) is 0 Å². The molecule has 0 aliphatic carbocycles. The van der Waals surface area contributed by atoms with Crippen LogP contribution < -0.4 is 0 Å². The molecule has 9 aromatic carbocycles. The van der Waals surface area contributed by atoms with Crippen LogP contribution in [-0.2, 0) is 0 Å². The standard InChI is InChI=1S/C51H33N3/c1-4-16-34(17-5-1)39-30-40(35-18-6-2-7-19-35)32-41(31-39)49-52-50(46-27-15-14-24-42(46)36-20-8-3-9-21-36)54-51(53-49)48-44-26-13-11-23-38(44)33-47-43-25-12-10-22-37(43)28-29-45(47)48/h1-33H. The summed E-state index contributed by atoms with van der Waals surface area (Å²) in [6.07, 6.45) is 0. The minimum atomic E-state index is 0.620. The first-order valence-electron chi connectivity index (χ1n) is 18.3. The number of rotatable bonds is 6. The van der Waals surface area contributed by atoms with Crippen molar-refractivity contribution in [2.45, 2.75) is 0 Å². The number of nitrogens with zero attached hydrogens (tertiary/aromatic N) is 3. The lowest BCUT2D eigenvalue weighted by atomic mass is 9.92. The van der Waals surface area contributed by atoms with Crippen molar-refractivity contribution in [1.82, 2.24) is 15.0 Å². The molecule has 54 heavy (non-hydrogen) atoms. The molecule has 3 heteroatoms. The van der Waals surface area contributed by atoms with Gasteiger partial charge in [0.2, 0.25) is 0 Å². The number of benzene rings is 9. The van der Waals surface area contributed by atoms with E-state index in [2.05, 4.69) is 194 Å². The smallest absolute Gasteiger partial charge is 0.165 e. The summed E-state index contributed by atoms with van der Waals surface area (Å²) in [5, 5.41) is 6.92. The van der Waals surface area contributed by atoms with Crippen LogP contribution in [0.15, 0.2) is 200 Å². The van der Waals surface area contributed by atoms with E-state index in [1.807, 2.05) is 6.07 Å². The summed E-state index contributed by atoms with van der Waals surface area (Å²) in [5.74, 6) is 1.89. The molecule has 0 saturated carbocycles. The molecule has 0 aliphatic heterocycles. The Morgan fingerprint density at radius 2 is 0.741 bits per heavy atom. The van der Waals surface area contributed by atoms with E-state index in [9.17, 15) is 0 Å². The Morgan fingerprint density at radius 1 is 0.241 bits per heavy atom. The molecule has 0 aliphatic rings. The molecule has 0 saturated heterocycles. The predicted octanol–water partition coefficient (Wildman–Crippen LogP) is 13.3. The van der Waals surface area contributed by atoms with Crippen LogP contribution in [0.1, 0.15) is 0 Å². The molecule has 1 aromatic heterocycles. The summed E-state index contributed by atoms with van der Waals surface area (Å²) in [6.45, 7) is 0. The molecule has 10 rings (SSSR count). The molecule has 0 amide bonds. The number of hydrogen-bond donors (Lipinski definition) is 0. The molecular weight excluding hydrogens is 655 g/mol. The summed E-state index contributed by atoms with van der Waals surface area (Å²) in [6, 6.07) is 70.5. The van der Waals surface area contributed by atoms with E-state index in [-0.39, 0.29) is 0 Å². The molecule has 0 spiro atoms. The van der Waals surface area contributed by atoms with Gasteiger partial charge in [0.25, 0.3) is 0 Å². The highest BCUT2D eigenvalue weighted by Gasteiger charge is 2.20. The molecule has 1 heterocycles. The first-order valence-corrected chi connectivity index (χ1v) is 18.3. The summed E-state index contributed by atoms with van der Waals surface area (Å²) >= 11 is 0. The topological polar surface area (TPSA) is 38.7 Å². The van der Waals surface area contributed by atoms with E-state index < -0.39 is 0 Å². The van der Waals surface area contributed by atoms with E-state index in [1.54, 1.807) is 0 Å². The molecule has 0 N–H and O–H groups in total. The van der Waals surface area contributed by atoms with Crippen molar-refractivity contribution in [3.05, 3.63) is 200 Å². The minimum absolute atomic E-state index is 0.620. The van der Waals surface area contributed by atoms with E-state index in [4.69, 9.17) is 15.0 Å². The molecule has 252 valence electrons. The van der Waals surface area contributed by atoms with Gasteiger partial charge >= 0.3 is 0 Å². The van der Waals surface area contributed by atoms with Crippen LogP contribution >= 0.6 is 0 Å². The van der Waals surface area contributed by atoms with Gasteiger partial charge in [-0.2, -0.15) is 0 Å². The van der Waals surface area contributed by atoms with Crippen LogP contribution in [0, 0.1) is 0 Å². The quantitative estimate of drug-likeness (QED) is 0.129. The lowest BCUT2D eigenvalue weighted by Crippen LogP contribution is -2.02. The van der Waals surface area contributed by atoms with Gasteiger partial charge in [0, 0.05) is 16.7 Å². The van der Waals surface area contributed by atoms with Gasteiger partial charge < -0.3 is 0 Å². The van der Waals surface area contributed by atoms with Gasteiger partial charge in [-0.05, 0) is 90.0 Å². The number of hydrogen-bond acceptors (Lipinski definition) is 3. The highest BCUT2D eigenvalue weighted by Crippen LogP contribution is 2.41. The Hall–Kier alpha value is -7.23. The summed E-state index contributed by atoms with van der Waals surface area (Å²) in [7, 11) is 0. The second kappa shape index (κ2) is 13.4. The molecule has 3 nitrogen and oxygen atoms in total. The number of fused-ring (bicyclic) bond motifs is 4. The van der Waals surface area contributed by atoms with E-state index >= 15 is 0 Å². The van der Waals surface area contributed by atoms with Crippen molar-refractivity contribution in [3.8, 4) is 67.5 Å². The normalized spacial score (nSPS) is 11.3. The Morgan fingerprint density at radius 3 is 1.43 bits per heavy atom. The molecule has 0 unspecified atom stereocenters. The molecule has 0 atom stereocenters. The maximum atomic E-state index is 5.43. The van der Waals surface area contributed by atoms with Crippen molar-refractivity contribution in [1.29, 1.82) is 0 Å². The maximum Gasteiger partial charge on any atom is 0.165 e. The minimum Gasteiger partial charge on any atom is -0.208 e. The Kier molecular flexibility index (Phi) is 7.81. The number of aromatic nitrogens is 3. The molecule has 0 fully saturated rings. The molecular formula is C51H33N3. The van der Waals surface area contributed by atoms with Crippen LogP contribution in [-0.4, -0.2) is 15.0 Å². The van der Waals surface area contributed by atoms with Crippen LogP contribution in [0.4, 0.5) is 0 Å². The average Bonchev–Trinajstić information content (AvgIpc) is 3.26. The summed E-state index contributed by atoms with van der Waals surface area (Å²) in [4.78, 5) is 16.2. The Labute approximate surface area is 313 Å². The van der Waals surface area contributed by atoms with Crippen molar-refractivity contribution in [2.75, 3.05) is 0 Å². The second-order valence-corrected chi connectivity index (χ2v) is 13.6. The Balaban J connectivity index is 1.30. The van der Waals surface area contributed by atoms with E-state index in [0.29, 0.717) is 17.5 Å². The summed E-state index contributed by atoms with van der Waals surface area (Å²) < 4.78 is 0. The zero-order chi connectivity index (χ0) is 35.8. The van der Waals surface area contributed by atoms with E-state index in [1.165, 1.54) is 16.2 Å². The fourth-order valence-electron chi connectivity index (χ4n) is 7.70. The van der Waals surface area contributed by atoms with Gasteiger partial charge in [0.05, 0.1) is 0 Å². The molecule has 0 radical (unpaired) electrons. The maximum absolute atomic E-state index is 5.43. The second-order valence-electron chi connectivity index (χ2n) is 13.6. The average molecular weight is 688 g/mol. The van der Waals surface area contributed by atoms with Crippen LogP contribution in [0.25, 0.3) is 99.9 Å². The SMILES string of the molecule is c1ccc(-c2cc(-c3ccccc3)cc(-c3nc(-c4ccccc4-c4ccccc4)nc(-c4c5ccccc5cc5c4ccc4ccccc45)n3)c2)cc1. The van der Waals surface area contributed by atoms with Crippen LogP contribution in [0.2, 0.25) is 0 Å². The van der Waals surface area contributed by atoms with Gasteiger partial charge in [0.1, 0.15) is 0 Å². The fourth-order valence-corrected chi connectivity index (χ4v) is 7.70. The van der Waals surface area contributed by atoms with Gasteiger partial charge in [-0.25, -0.2) is 15.0 Å². The van der Waals surface area contributed by atoms with Crippen molar-refractivity contribution < 1.29 is 0 Å². The third-order valence-electron chi connectivity index (χ3n) is 10.3.